The molecule has 1 aliphatic rings. The maximum atomic E-state index is 9.79. The van der Waals surface area contributed by atoms with Gasteiger partial charge < -0.3 is 20.5 Å². The van der Waals surface area contributed by atoms with E-state index < -0.39 is 0 Å². The van der Waals surface area contributed by atoms with Gasteiger partial charge in [-0.2, -0.15) is 0 Å². The van der Waals surface area contributed by atoms with E-state index in [2.05, 4.69) is 23.7 Å². The lowest BCUT2D eigenvalue weighted by Gasteiger charge is -2.32. The summed E-state index contributed by atoms with van der Waals surface area (Å²) in [5.74, 6) is 1.27. The maximum absolute atomic E-state index is 9.79. The van der Waals surface area contributed by atoms with Crippen molar-refractivity contribution in [3.63, 3.8) is 0 Å². The third-order valence-corrected chi connectivity index (χ3v) is 3.76. The van der Waals surface area contributed by atoms with Gasteiger partial charge in [0.25, 0.3) is 0 Å². The molecule has 0 fully saturated rings. The van der Waals surface area contributed by atoms with Crippen molar-refractivity contribution in [3.05, 3.63) is 23.8 Å². The van der Waals surface area contributed by atoms with Crippen LogP contribution in [0.15, 0.2) is 23.2 Å². The molecule has 110 valence electrons. The van der Waals surface area contributed by atoms with E-state index in [4.69, 9.17) is 10.5 Å². The smallest absolute Gasteiger partial charge is 0.192 e. The Morgan fingerprint density at radius 3 is 2.90 bits per heavy atom. The molecule has 1 aromatic rings. The van der Waals surface area contributed by atoms with Crippen LogP contribution in [-0.2, 0) is 0 Å². The van der Waals surface area contributed by atoms with Crippen LogP contribution in [0.5, 0.6) is 11.5 Å². The van der Waals surface area contributed by atoms with E-state index in [0.717, 1.165) is 12.0 Å². The number of hydrogen-bond donors (Lipinski definition) is 2. The standard InChI is InChI=1S/C15H23N3O2/c1-4-10(3)18-12(9-17-15(18)16)11-6-7-13(19)14(8-11)20-5-2/h6-8,10,12,19H,4-5,9H2,1-3H3,(H2,16,17). The summed E-state index contributed by atoms with van der Waals surface area (Å²) in [6.07, 6.45) is 1.00. The molecule has 2 rings (SSSR count). The molecule has 2 atom stereocenters. The van der Waals surface area contributed by atoms with E-state index in [1.807, 2.05) is 19.1 Å². The van der Waals surface area contributed by atoms with Crippen LogP contribution in [0, 0.1) is 0 Å². The fourth-order valence-electron chi connectivity index (χ4n) is 2.51. The SMILES string of the molecule is CCOc1cc(C2CN=C(N)N2C(C)CC)ccc1O. The van der Waals surface area contributed by atoms with Crippen LogP contribution in [0.25, 0.3) is 0 Å². The van der Waals surface area contributed by atoms with Crippen LogP contribution in [0.1, 0.15) is 38.8 Å². The molecular formula is C15H23N3O2. The first kappa shape index (κ1) is 14.5. The van der Waals surface area contributed by atoms with E-state index in [0.29, 0.717) is 30.9 Å². The summed E-state index contributed by atoms with van der Waals surface area (Å²) in [4.78, 5) is 6.50. The molecule has 0 bridgehead atoms. The number of rotatable bonds is 5. The summed E-state index contributed by atoms with van der Waals surface area (Å²) >= 11 is 0. The highest BCUT2D eigenvalue weighted by Gasteiger charge is 2.30. The molecule has 0 aromatic heterocycles. The van der Waals surface area contributed by atoms with Crippen LogP contribution in [0.2, 0.25) is 0 Å². The number of aromatic hydroxyl groups is 1. The predicted molar refractivity (Wildman–Crippen MR) is 80.1 cm³/mol. The van der Waals surface area contributed by atoms with Crippen molar-refractivity contribution in [3.8, 4) is 11.5 Å². The molecular weight excluding hydrogens is 254 g/mol. The minimum absolute atomic E-state index is 0.116. The van der Waals surface area contributed by atoms with Gasteiger partial charge in [0.05, 0.1) is 19.2 Å². The summed E-state index contributed by atoms with van der Waals surface area (Å²) < 4.78 is 5.45. The second kappa shape index (κ2) is 6.03. The van der Waals surface area contributed by atoms with Gasteiger partial charge in [0.1, 0.15) is 0 Å². The molecule has 5 nitrogen and oxygen atoms in total. The zero-order valence-corrected chi connectivity index (χ0v) is 12.3. The van der Waals surface area contributed by atoms with Gasteiger partial charge in [0.15, 0.2) is 17.5 Å². The number of phenols is 1. The Morgan fingerprint density at radius 2 is 2.25 bits per heavy atom. The average Bonchev–Trinajstić information content (AvgIpc) is 2.82. The summed E-state index contributed by atoms with van der Waals surface area (Å²) in [6, 6.07) is 5.91. The second-order valence-corrected chi connectivity index (χ2v) is 5.04. The summed E-state index contributed by atoms with van der Waals surface area (Å²) in [5.41, 5.74) is 7.07. The summed E-state index contributed by atoms with van der Waals surface area (Å²) in [5, 5.41) is 9.79. The molecule has 1 aliphatic heterocycles. The topological polar surface area (TPSA) is 71.1 Å². The minimum atomic E-state index is 0.116. The van der Waals surface area contributed by atoms with Crippen LogP contribution in [0.3, 0.4) is 0 Å². The van der Waals surface area contributed by atoms with Crippen LogP contribution < -0.4 is 10.5 Å². The molecule has 2 unspecified atom stereocenters. The van der Waals surface area contributed by atoms with Crippen LogP contribution >= 0.6 is 0 Å². The molecule has 20 heavy (non-hydrogen) atoms. The Balaban J connectivity index is 2.29. The van der Waals surface area contributed by atoms with Crippen molar-refractivity contribution in [2.75, 3.05) is 13.2 Å². The summed E-state index contributed by atoms with van der Waals surface area (Å²) in [7, 11) is 0. The van der Waals surface area contributed by atoms with E-state index in [-0.39, 0.29) is 11.8 Å². The van der Waals surface area contributed by atoms with E-state index in [9.17, 15) is 5.11 Å². The van der Waals surface area contributed by atoms with Gasteiger partial charge in [-0.05, 0) is 38.0 Å². The second-order valence-electron chi connectivity index (χ2n) is 5.04. The van der Waals surface area contributed by atoms with Crippen molar-refractivity contribution >= 4 is 5.96 Å². The fourth-order valence-corrected chi connectivity index (χ4v) is 2.51. The highest BCUT2D eigenvalue weighted by molar-refractivity contribution is 5.80. The minimum Gasteiger partial charge on any atom is -0.504 e. The Morgan fingerprint density at radius 1 is 1.50 bits per heavy atom. The van der Waals surface area contributed by atoms with Crippen LogP contribution in [-0.4, -0.2) is 35.2 Å². The zero-order valence-electron chi connectivity index (χ0n) is 12.3. The molecule has 0 spiro atoms. The first-order chi connectivity index (χ1) is 9.58. The number of nitrogens with zero attached hydrogens (tertiary/aromatic N) is 2. The Kier molecular flexibility index (Phi) is 4.37. The number of nitrogens with two attached hydrogens (primary N) is 1. The third-order valence-electron chi connectivity index (χ3n) is 3.76. The monoisotopic (exact) mass is 277 g/mol. The maximum Gasteiger partial charge on any atom is 0.192 e. The van der Waals surface area contributed by atoms with Crippen molar-refractivity contribution in [1.29, 1.82) is 0 Å². The Hall–Kier alpha value is -1.91. The number of ether oxygens (including phenoxy) is 1. The number of benzene rings is 1. The van der Waals surface area contributed by atoms with Gasteiger partial charge in [0, 0.05) is 6.04 Å². The van der Waals surface area contributed by atoms with Gasteiger partial charge >= 0.3 is 0 Å². The number of hydrogen-bond acceptors (Lipinski definition) is 5. The van der Waals surface area contributed by atoms with Gasteiger partial charge in [-0.3, -0.25) is 4.99 Å². The zero-order chi connectivity index (χ0) is 14.7. The lowest BCUT2D eigenvalue weighted by molar-refractivity contribution is 0.266. The Labute approximate surface area is 120 Å². The average molecular weight is 277 g/mol. The number of guanidine groups is 1. The lowest BCUT2D eigenvalue weighted by Crippen LogP contribution is -2.42. The van der Waals surface area contributed by atoms with Crippen LogP contribution in [0.4, 0.5) is 0 Å². The molecule has 1 heterocycles. The van der Waals surface area contributed by atoms with E-state index in [1.165, 1.54) is 0 Å². The molecule has 0 radical (unpaired) electrons. The molecule has 0 saturated heterocycles. The molecule has 3 N–H and O–H groups in total. The van der Waals surface area contributed by atoms with Crippen molar-refractivity contribution < 1.29 is 9.84 Å². The highest BCUT2D eigenvalue weighted by Crippen LogP contribution is 2.34. The predicted octanol–water partition coefficient (Wildman–Crippen LogP) is 2.26. The molecule has 0 saturated carbocycles. The normalized spacial score (nSPS) is 19.9. The first-order valence-electron chi connectivity index (χ1n) is 7.12. The number of aliphatic imine (C=N–C) groups is 1. The van der Waals surface area contributed by atoms with Gasteiger partial charge in [-0.1, -0.05) is 13.0 Å². The van der Waals surface area contributed by atoms with Gasteiger partial charge in [0.2, 0.25) is 0 Å². The van der Waals surface area contributed by atoms with Crippen molar-refractivity contribution in [2.24, 2.45) is 10.7 Å². The quantitative estimate of drug-likeness (QED) is 0.866. The third kappa shape index (κ3) is 2.66. The first-order valence-corrected chi connectivity index (χ1v) is 7.12. The highest BCUT2D eigenvalue weighted by atomic mass is 16.5. The van der Waals surface area contributed by atoms with Gasteiger partial charge in [-0.15, -0.1) is 0 Å². The van der Waals surface area contributed by atoms with Gasteiger partial charge in [-0.25, -0.2) is 0 Å². The largest absolute Gasteiger partial charge is 0.504 e. The lowest BCUT2D eigenvalue weighted by atomic mass is 10.0. The molecule has 1 aromatic carbocycles. The Bertz CT molecular complexity index is 502. The molecule has 0 aliphatic carbocycles. The number of phenolic OH excluding ortho intramolecular Hbond substituents is 1. The van der Waals surface area contributed by atoms with Crippen molar-refractivity contribution in [2.45, 2.75) is 39.3 Å². The van der Waals surface area contributed by atoms with E-state index >= 15 is 0 Å². The fraction of sp³-hybridized carbons (Fsp3) is 0.533. The summed E-state index contributed by atoms with van der Waals surface area (Å²) in [6.45, 7) is 7.34. The van der Waals surface area contributed by atoms with Crippen molar-refractivity contribution in [1.82, 2.24) is 4.90 Å². The van der Waals surface area contributed by atoms with E-state index in [1.54, 1.807) is 6.07 Å². The molecule has 5 heteroatoms. The molecule has 0 amide bonds.